The second-order valence-corrected chi connectivity index (χ2v) is 5.04. The average molecular weight is 279 g/mol. The van der Waals surface area contributed by atoms with Crippen LogP contribution < -0.4 is 10.1 Å². The highest BCUT2D eigenvalue weighted by Crippen LogP contribution is 2.27. The predicted molar refractivity (Wildman–Crippen MR) is 81.9 cm³/mol. The van der Waals surface area contributed by atoms with E-state index in [0.29, 0.717) is 18.0 Å². The van der Waals surface area contributed by atoms with Crippen LogP contribution in [0.5, 0.6) is 5.75 Å². The number of rotatable bonds is 4. The summed E-state index contributed by atoms with van der Waals surface area (Å²) in [5.41, 5.74) is 3.83. The number of nitrogens with zero attached hydrogens (tertiary/aromatic N) is 2. The molecule has 0 radical (unpaired) electrons. The first kappa shape index (κ1) is 13.4. The molecule has 0 aliphatic heterocycles. The molecule has 106 valence electrons. The Hall–Kier alpha value is -2.54. The number of benzene rings is 1. The molecule has 1 aromatic heterocycles. The fourth-order valence-electron chi connectivity index (χ4n) is 2.59. The highest BCUT2D eigenvalue weighted by molar-refractivity contribution is 5.64. The number of hydrogen-bond donors (Lipinski definition) is 1. The van der Waals surface area contributed by atoms with Crippen molar-refractivity contribution in [3.8, 4) is 11.8 Å². The van der Waals surface area contributed by atoms with Crippen molar-refractivity contribution in [3.63, 3.8) is 0 Å². The van der Waals surface area contributed by atoms with E-state index >= 15 is 0 Å². The maximum atomic E-state index is 9.29. The number of aromatic nitrogens is 1. The Morgan fingerprint density at radius 1 is 1.29 bits per heavy atom. The number of hydrogen-bond acceptors (Lipinski definition) is 4. The van der Waals surface area contributed by atoms with E-state index in [9.17, 15) is 5.26 Å². The summed E-state index contributed by atoms with van der Waals surface area (Å²) in [6.07, 6.45) is 3.15. The SMILES string of the molecule is CCOc1ccc(Nc2nc3c(cc2C#N)CCC3)cc1. The largest absolute Gasteiger partial charge is 0.494 e. The van der Waals surface area contributed by atoms with E-state index in [4.69, 9.17) is 4.74 Å². The van der Waals surface area contributed by atoms with Crippen LogP contribution in [0.2, 0.25) is 0 Å². The Bertz CT molecular complexity index is 686. The van der Waals surface area contributed by atoms with Crippen molar-refractivity contribution in [2.75, 3.05) is 11.9 Å². The van der Waals surface area contributed by atoms with Crippen molar-refractivity contribution < 1.29 is 4.74 Å². The van der Waals surface area contributed by atoms with Gasteiger partial charge in [0.25, 0.3) is 0 Å². The van der Waals surface area contributed by atoms with Crippen molar-refractivity contribution in [3.05, 3.63) is 47.2 Å². The fraction of sp³-hybridized carbons (Fsp3) is 0.294. The monoisotopic (exact) mass is 279 g/mol. The second-order valence-electron chi connectivity index (χ2n) is 5.04. The molecule has 21 heavy (non-hydrogen) atoms. The number of anilines is 2. The Morgan fingerprint density at radius 2 is 2.10 bits per heavy atom. The summed E-state index contributed by atoms with van der Waals surface area (Å²) < 4.78 is 5.42. The molecule has 1 aromatic carbocycles. The molecular weight excluding hydrogens is 262 g/mol. The molecule has 4 nitrogen and oxygen atoms in total. The van der Waals surface area contributed by atoms with E-state index in [-0.39, 0.29) is 0 Å². The minimum absolute atomic E-state index is 0.601. The van der Waals surface area contributed by atoms with Gasteiger partial charge in [0.05, 0.1) is 12.2 Å². The quantitative estimate of drug-likeness (QED) is 0.929. The van der Waals surface area contributed by atoms with Gasteiger partial charge in [0, 0.05) is 11.4 Å². The summed E-state index contributed by atoms with van der Waals surface area (Å²) in [6.45, 7) is 2.61. The van der Waals surface area contributed by atoms with Gasteiger partial charge in [-0.2, -0.15) is 5.26 Å². The summed E-state index contributed by atoms with van der Waals surface area (Å²) in [5, 5.41) is 12.5. The Kier molecular flexibility index (Phi) is 3.74. The van der Waals surface area contributed by atoms with Crippen LogP contribution in [0.4, 0.5) is 11.5 Å². The van der Waals surface area contributed by atoms with Crippen LogP contribution in [0.1, 0.15) is 30.2 Å². The molecule has 1 aliphatic rings. The van der Waals surface area contributed by atoms with E-state index in [0.717, 1.165) is 36.4 Å². The molecule has 1 aliphatic carbocycles. The van der Waals surface area contributed by atoms with Crippen LogP contribution in [0.15, 0.2) is 30.3 Å². The van der Waals surface area contributed by atoms with Crippen molar-refractivity contribution in [1.29, 1.82) is 5.26 Å². The van der Waals surface area contributed by atoms with Gasteiger partial charge in [-0.15, -0.1) is 0 Å². The molecule has 1 heterocycles. The first-order chi connectivity index (χ1) is 10.3. The number of ether oxygens (including phenoxy) is 1. The first-order valence-electron chi connectivity index (χ1n) is 7.23. The minimum Gasteiger partial charge on any atom is -0.494 e. The number of fused-ring (bicyclic) bond motifs is 1. The molecule has 2 aromatic rings. The molecule has 0 bridgehead atoms. The number of pyridine rings is 1. The second kappa shape index (κ2) is 5.84. The third-order valence-corrected chi connectivity index (χ3v) is 3.60. The van der Waals surface area contributed by atoms with E-state index in [1.165, 1.54) is 5.56 Å². The molecule has 0 saturated heterocycles. The number of nitriles is 1. The van der Waals surface area contributed by atoms with E-state index in [1.54, 1.807) is 0 Å². The third-order valence-electron chi connectivity index (χ3n) is 3.60. The van der Waals surface area contributed by atoms with Crippen LogP contribution in [-0.4, -0.2) is 11.6 Å². The average Bonchev–Trinajstić information content (AvgIpc) is 2.96. The Balaban J connectivity index is 1.86. The summed E-state index contributed by atoms with van der Waals surface area (Å²) in [6, 6.07) is 11.9. The molecule has 1 N–H and O–H groups in total. The van der Waals surface area contributed by atoms with Gasteiger partial charge in [-0.1, -0.05) is 0 Å². The lowest BCUT2D eigenvalue weighted by Crippen LogP contribution is -2.01. The minimum atomic E-state index is 0.601. The van der Waals surface area contributed by atoms with Gasteiger partial charge in [0.2, 0.25) is 0 Å². The maximum Gasteiger partial charge on any atom is 0.148 e. The van der Waals surface area contributed by atoms with Gasteiger partial charge in [-0.05, 0) is 62.1 Å². The van der Waals surface area contributed by atoms with E-state index in [2.05, 4.69) is 16.4 Å². The molecule has 0 fully saturated rings. The van der Waals surface area contributed by atoms with E-state index < -0.39 is 0 Å². The summed E-state index contributed by atoms with van der Waals surface area (Å²) in [4.78, 5) is 4.61. The lowest BCUT2D eigenvalue weighted by Gasteiger charge is -2.10. The molecule has 4 heteroatoms. The zero-order chi connectivity index (χ0) is 14.7. The zero-order valence-corrected chi connectivity index (χ0v) is 12.0. The van der Waals surface area contributed by atoms with Crippen LogP contribution in [0.25, 0.3) is 0 Å². The van der Waals surface area contributed by atoms with Gasteiger partial charge < -0.3 is 10.1 Å². The Labute approximate surface area is 124 Å². The highest BCUT2D eigenvalue weighted by atomic mass is 16.5. The lowest BCUT2D eigenvalue weighted by molar-refractivity contribution is 0.340. The summed E-state index contributed by atoms with van der Waals surface area (Å²) in [7, 11) is 0. The van der Waals surface area contributed by atoms with Crippen molar-refractivity contribution in [2.24, 2.45) is 0 Å². The highest BCUT2D eigenvalue weighted by Gasteiger charge is 2.16. The third kappa shape index (κ3) is 2.82. The molecule has 0 amide bonds. The van der Waals surface area contributed by atoms with Gasteiger partial charge in [-0.3, -0.25) is 0 Å². The van der Waals surface area contributed by atoms with Crippen LogP contribution in [0, 0.1) is 11.3 Å². The molecule has 3 rings (SSSR count). The summed E-state index contributed by atoms with van der Waals surface area (Å²) >= 11 is 0. The van der Waals surface area contributed by atoms with Crippen molar-refractivity contribution in [1.82, 2.24) is 4.98 Å². The molecular formula is C17H17N3O. The number of aryl methyl sites for hydroxylation is 2. The van der Waals surface area contributed by atoms with Crippen molar-refractivity contribution >= 4 is 11.5 Å². The fourth-order valence-corrected chi connectivity index (χ4v) is 2.59. The van der Waals surface area contributed by atoms with Gasteiger partial charge >= 0.3 is 0 Å². The summed E-state index contributed by atoms with van der Waals surface area (Å²) in [5.74, 6) is 1.48. The van der Waals surface area contributed by atoms with Crippen LogP contribution >= 0.6 is 0 Å². The standard InChI is InChI=1S/C17H17N3O/c1-2-21-15-8-6-14(7-9-15)19-17-13(11-18)10-12-4-3-5-16(12)20-17/h6-10H,2-5H2,1H3,(H,19,20). The lowest BCUT2D eigenvalue weighted by atomic mass is 10.1. The van der Waals surface area contributed by atoms with Crippen molar-refractivity contribution in [2.45, 2.75) is 26.2 Å². The normalized spacial score (nSPS) is 12.6. The van der Waals surface area contributed by atoms with Gasteiger partial charge in [0.1, 0.15) is 17.6 Å². The van der Waals surface area contributed by atoms with E-state index in [1.807, 2.05) is 37.3 Å². The zero-order valence-electron chi connectivity index (χ0n) is 12.0. The topological polar surface area (TPSA) is 57.9 Å². The number of nitrogens with one attached hydrogen (secondary N) is 1. The maximum absolute atomic E-state index is 9.29. The molecule has 0 atom stereocenters. The van der Waals surface area contributed by atoms with Gasteiger partial charge in [-0.25, -0.2) is 4.98 Å². The van der Waals surface area contributed by atoms with Crippen LogP contribution in [-0.2, 0) is 12.8 Å². The van der Waals surface area contributed by atoms with Crippen LogP contribution in [0.3, 0.4) is 0 Å². The van der Waals surface area contributed by atoms with Gasteiger partial charge in [0.15, 0.2) is 0 Å². The first-order valence-corrected chi connectivity index (χ1v) is 7.23. The predicted octanol–water partition coefficient (Wildman–Crippen LogP) is 3.58. The molecule has 0 unspecified atom stereocenters. The molecule has 0 spiro atoms. The molecule has 0 saturated carbocycles. The Morgan fingerprint density at radius 3 is 2.81 bits per heavy atom. The smallest absolute Gasteiger partial charge is 0.148 e.